The van der Waals surface area contributed by atoms with Gasteiger partial charge in [0.05, 0.1) is 11.2 Å². The zero-order chi connectivity index (χ0) is 14.8. The van der Waals surface area contributed by atoms with Crippen molar-refractivity contribution in [1.82, 2.24) is 9.88 Å². The summed E-state index contributed by atoms with van der Waals surface area (Å²) in [5.74, 6) is -0.948. The number of carbonyl (C=O) groups excluding carboxylic acids is 1. The predicted molar refractivity (Wildman–Crippen MR) is 74.1 cm³/mol. The molecule has 1 aromatic heterocycles. The molecule has 0 saturated carbocycles. The van der Waals surface area contributed by atoms with Crippen molar-refractivity contribution in [2.45, 2.75) is 32.3 Å². The van der Waals surface area contributed by atoms with Crippen molar-refractivity contribution in [3.63, 3.8) is 0 Å². The van der Waals surface area contributed by atoms with E-state index in [1.807, 2.05) is 6.92 Å². The Balaban J connectivity index is 2.23. The fourth-order valence-corrected chi connectivity index (χ4v) is 2.46. The average Bonchev–Trinajstić information content (AvgIpc) is 2.39. The first-order valence-corrected chi connectivity index (χ1v) is 6.84. The van der Waals surface area contributed by atoms with E-state index in [-0.39, 0.29) is 17.9 Å². The quantitative estimate of drug-likeness (QED) is 0.884. The summed E-state index contributed by atoms with van der Waals surface area (Å²) in [6.07, 6.45) is 2.78. The molecule has 1 fully saturated rings. The second-order valence-corrected chi connectivity index (χ2v) is 5.38. The number of nitrogens with one attached hydrogen (secondary N) is 1. The van der Waals surface area contributed by atoms with E-state index in [9.17, 15) is 14.3 Å². The number of piperidine rings is 1. The van der Waals surface area contributed by atoms with Crippen LogP contribution in [0.3, 0.4) is 0 Å². The monoisotopic (exact) mass is 281 g/mol. The van der Waals surface area contributed by atoms with E-state index in [0.717, 1.165) is 0 Å². The highest BCUT2D eigenvalue weighted by molar-refractivity contribution is 5.95. The standard InChI is InChI=1S/C14H20FN3O2/c1-3-16-12-11(15)10(5-7-17-12)13(19)18-8-4-6-14(2,20)9-18/h5,7,20H,3-4,6,8-9H2,1-2H3,(H,16,17). The van der Waals surface area contributed by atoms with Gasteiger partial charge in [-0.05, 0) is 32.8 Å². The summed E-state index contributed by atoms with van der Waals surface area (Å²) in [5, 5.41) is 12.8. The summed E-state index contributed by atoms with van der Waals surface area (Å²) in [4.78, 5) is 17.8. The minimum Gasteiger partial charge on any atom is -0.388 e. The van der Waals surface area contributed by atoms with Crippen LogP contribution in [0.1, 0.15) is 37.0 Å². The number of aromatic nitrogens is 1. The summed E-state index contributed by atoms with van der Waals surface area (Å²) < 4.78 is 14.2. The van der Waals surface area contributed by atoms with Crippen molar-refractivity contribution in [1.29, 1.82) is 0 Å². The second kappa shape index (κ2) is 5.75. The number of likely N-dealkylation sites (tertiary alicyclic amines) is 1. The van der Waals surface area contributed by atoms with Crippen molar-refractivity contribution in [3.8, 4) is 0 Å². The number of pyridine rings is 1. The van der Waals surface area contributed by atoms with E-state index in [1.54, 1.807) is 6.92 Å². The minimum atomic E-state index is -0.901. The molecule has 2 heterocycles. The van der Waals surface area contributed by atoms with Crippen LogP contribution in [0.5, 0.6) is 0 Å². The largest absolute Gasteiger partial charge is 0.388 e. The van der Waals surface area contributed by atoms with Gasteiger partial charge in [-0.1, -0.05) is 0 Å². The number of rotatable bonds is 3. The molecule has 0 aliphatic carbocycles. The molecule has 1 saturated heterocycles. The topological polar surface area (TPSA) is 65.5 Å². The van der Waals surface area contributed by atoms with Gasteiger partial charge in [0, 0.05) is 25.8 Å². The zero-order valence-electron chi connectivity index (χ0n) is 11.8. The fraction of sp³-hybridized carbons (Fsp3) is 0.571. The number of amides is 1. The Morgan fingerprint density at radius 1 is 1.65 bits per heavy atom. The van der Waals surface area contributed by atoms with Crippen molar-refractivity contribution in [2.24, 2.45) is 0 Å². The fourth-order valence-electron chi connectivity index (χ4n) is 2.46. The third-order valence-electron chi connectivity index (χ3n) is 3.43. The number of β-amino-alcohol motifs (C(OH)–C–C–N with tert-alkyl or cyclic N) is 1. The van der Waals surface area contributed by atoms with Crippen LogP contribution in [0.25, 0.3) is 0 Å². The van der Waals surface area contributed by atoms with Gasteiger partial charge in [-0.2, -0.15) is 0 Å². The zero-order valence-corrected chi connectivity index (χ0v) is 11.8. The first-order chi connectivity index (χ1) is 9.44. The van der Waals surface area contributed by atoms with Gasteiger partial charge in [-0.25, -0.2) is 9.37 Å². The number of hydrogen-bond donors (Lipinski definition) is 2. The van der Waals surface area contributed by atoms with Crippen molar-refractivity contribution >= 4 is 11.7 Å². The molecule has 6 heteroatoms. The van der Waals surface area contributed by atoms with E-state index in [2.05, 4.69) is 10.3 Å². The van der Waals surface area contributed by atoms with Gasteiger partial charge in [0.1, 0.15) is 0 Å². The Morgan fingerprint density at radius 3 is 3.05 bits per heavy atom. The summed E-state index contributed by atoms with van der Waals surface area (Å²) in [6, 6.07) is 1.38. The summed E-state index contributed by atoms with van der Waals surface area (Å²) in [7, 11) is 0. The highest BCUT2D eigenvalue weighted by Crippen LogP contribution is 2.23. The maximum atomic E-state index is 14.2. The molecule has 20 heavy (non-hydrogen) atoms. The summed E-state index contributed by atoms with van der Waals surface area (Å²) in [5.41, 5.74) is -0.907. The van der Waals surface area contributed by atoms with Crippen LogP contribution >= 0.6 is 0 Å². The average molecular weight is 281 g/mol. The maximum absolute atomic E-state index is 14.2. The first kappa shape index (κ1) is 14.7. The van der Waals surface area contributed by atoms with Gasteiger partial charge in [-0.3, -0.25) is 4.79 Å². The summed E-state index contributed by atoms with van der Waals surface area (Å²) in [6.45, 7) is 4.81. The van der Waals surface area contributed by atoms with Gasteiger partial charge in [0.2, 0.25) is 0 Å². The smallest absolute Gasteiger partial charge is 0.257 e. The van der Waals surface area contributed by atoms with Crippen LogP contribution in [0, 0.1) is 5.82 Å². The number of halogens is 1. The molecule has 2 rings (SSSR count). The Morgan fingerprint density at radius 2 is 2.40 bits per heavy atom. The van der Waals surface area contributed by atoms with Crippen LogP contribution in [0.15, 0.2) is 12.3 Å². The number of nitrogens with zero attached hydrogens (tertiary/aromatic N) is 2. The van der Waals surface area contributed by atoms with Crippen molar-refractivity contribution in [3.05, 3.63) is 23.6 Å². The van der Waals surface area contributed by atoms with E-state index in [1.165, 1.54) is 17.2 Å². The van der Waals surface area contributed by atoms with E-state index >= 15 is 0 Å². The molecule has 0 radical (unpaired) electrons. The second-order valence-electron chi connectivity index (χ2n) is 5.38. The molecule has 1 amide bonds. The van der Waals surface area contributed by atoms with Crippen LogP contribution < -0.4 is 5.32 Å². The Bertz CT molecular complexity index is 505. The molecule has 0 spiro atoms. The lowest BCUT2D eigenvalue weighted by molar-refractivity contribution is -0.0109. The lowest BCUT2D eigenvalue weighted by Crippen LogP contribution is -2.48. The van der Waals surface area contributed by atoms with Gasteiger partial charge >= 0.3 is 0 Å². The number of carbonyl (C=O) groups is 1. The van der Waals surface area contributed by atoms with Gasteiger partial charge in [0.25, 0.3) is 5.91 Å². The van der Waals surface area contributed by atoms with Crippen molar-refractivity contribution < 1.29 is 14.3 Å². The van der Waals surface area contributed by atoms with E-state index < -0.39 is 17.3 Å². The number of anilines is 1. The van der Waals surface area contributed by atoms with Crippen LogP contribution in [0.4, 0.5) is 10.2 Å². The normalized spacial score (nSPS) is 22.7. The Kier molecular flexibility index (Phi) is 4.23. The molecule has 1 aliphatic heterocycles. The van der Waals surface area contributed by atoms with Crippen LogP contribution in [-0.2, 0) is 0 Å². The molecular formula is C14H20FN3O2. The Labute approximate surface area is 117 Å². The molecule has 1 unspecified atom stereocenters. The SMILES string of the molecule is CCNc1nccc(C(=O)N2CCCC(C)(O)C2)c1F. The van der Waals surface area contributed by atoms with Crippen molar-refractivity contribution in [2.75, 3.05) is 25.0 Å². The number of hydrogen-bond acceptors (Lipinski definition) is 4. The highest BCUT2D eigenvalue weighted by atomic mass is 19.1. The van der Waals surface area contributed by atoms with Gasteiger partial charge in [-0.15, -0.1) is 0 Å². The molecule has 0 aromatic carbocycles. The molecule has 1 atom stereocenters. The predicted octanol–water partition coefficient (Wildman–Crippen LogP) is 1.64. The minimum absolute atomic E-state index is 0.00588. The van der Waals surface area contributed by atoms with Gasteiger partial charge < -0.3 is 15.3 Å². The third kappa shape index (κ3) is 3.07. The van der Waals surface area contributed by atoms with Crippen LogP contribution in [-0.4, -0.2) is 46.1 Å². The van der Waals surface area contributed by atoms with E-state index in [0.29, 0.717) is 25.9 Å². The molecule has 5 nitrogen and oxygen atoms in total. The van der Waals surface area contributed by atoms with E-state index in [4.69, 9.17) is 0 Å². The number of aliphatic hydroxyl groups is 1. The molecule has 0 bridgehead atoms. The molecule has 110 valence electrons. The first-order valence-electron chi connectivity index (χ1n) is 6.84. The van der Waals surface area contributed by atoms with Crippen LogP contribution in [0.2, 0.25) is 0 Å². The van der Waals surface area contributed by atoms with Gasteiger partial charge in [0.15, 0.2) is 11.6 Å². The Hall–Kier alpha value is -1.69. The lowest BCUT2D eigenvalue weighted by Gasteiger charge is -2.36. The third-order valence-corrected chi connectivity index (χ3v) is 3.43. The maximum Gasteiger partial charge on any atom is 0.257 e. The highest BCUT2D eigenvalue weighted by Gasteiger charge is 2.32. The lowest BCUT2D eigenvalue weighted by atomic mass is 9.94. The molecule has 2 N–H and O–H groups in total. The molecule has 1 aliphatic rings. The summed E-state index contributed by atoms with van der Waals surface area (Å²) >= 11 is 0. The molecule has 1 aromatic rings. The molecular weight excluding hydrogens is 261 g/mol.